The van der Waals surface area contributed by atoms with E-state index in [2.05, 4.69) is 15.0 Å². The molecule has 1 rings (SSSR count). The van der Waals surface area contributed by atoms with E-state index in [1.807, 2.05) is 0 Å². The topological polar surface area (TPSA) is 126 Å². The molecule has 0 bridgehead atoms. The number of carbonyl (C=O) groups is 2. The van der Waals surface area contributed by atoms with Crippen LogP contribution in [0.5, 0.6) is 0 Å². The lowest BCUT2D eigenvalue weighted by atomic mass is 10.2. The summed E-state index contributed by atoms with van der Waals surface area (Å²) in [6.07, 6.45) is 0.356. The number of primary amides is 1. The second kappa shape index (κ2) is 5.39. The average molecular weight is 241 g/mol. The number of hydrogen-bond donors (Lipinski definition) is 2. The molecule has 8 heteroatoms. The van der Waals surface area contributed by atoms with Crippen molar-refractivity contribution in [2.75, 3.05) is 13.7 Å². The van der Waals surface area contributed by atoms with Crippen LogP contribution in [0, 0.1) is 0 Å². The van der Waals surface area contributed by atoms with E-state index in [0.717, 1.165) is 0 Å². The highest BCUT2D eigenvalue weighted by molar-refractivity contribution is 5.88. The zero-order valence-corrected chi connectivity index (χ0v) is 9.71. The van der Waals surface area contributed by atoms with Crippen molar-refractivity contribution in [1.29, 1.82) is 0 Å². The molecule has 1 heterocycles. The number of amides is 1. The normalized spacial score (nSPS) is 12.2. The van der Waals surface area contributed by atoms with Gasteiger partial charge in [-0.3, -0.25) is 4.79 Å². The molecule has 0 aliphatic heterocycles. The number of esters is 1. The van der Waals surface area contributed by atoms with Crippen LogP contribution in [0.2, 0.25) is 0 Å². The predicted molar refractivity (Wildman–Crippen MR) is 58.0 cm³/mol. The Kier molecular flexibility index (Phi) is 4.16. The lowest BCUT2D eigenvalue weighted by molar-refractivity contribution is -0.121. The number of methoxy groups -OCH3 is 1. The molecule has 8 nitrogen and oxygen atoms in total. The van der Waals surface area contributed by atoms with E-state index in [0.29, 0.717) is 18.7 Å². The van der Waals surface area contributed by atoms with Crippen molar-refractivity contribution in [2.24, 2.45) is 11.5 Å². The fourth-order valence-corrected chi connectivity index (χ4v) is 1.37. The van der Waals surface area contributed by atoms with Gasteiger partial charge in [-0.25, -0.2) is 9.48 Å². The summed E-state index contributed by atoms with van der Waals surface area (Å²) in [4.78, 5) is 22.5. The number of nitrogens with zero attached hydrogens (tertiary/aromatic N) is 3. The molecule has 0 fully saturated rings. The monoisotopic (exact) mass is 241 g/mol. The minimum absolute atomic E-state index is 0.0612. The van der Waals surface area contributed by atoms with Crippen molar-refractivity contribution in [3.63, 3.8) is 0 Å². The van der Waals surface area contributed by atoms with Gasteiger partial charge >= 0.3 is 5.97 Å². The van der Waals surface area contributed by atoms with Crippen molar-refractivity contribution in [3.8, 4) is 0 Å². The van der Waals surface area contributed by atoms with Gasteiger partial charge in [0.25, 0.3) is 0 Å². The lowest BCUT2D eigenvalue weighted by Gasteiger charge is -2.10. The second-order valence-electron chi connectivity index (χ2n) is 3.44. The number of carbonyl (C=O) groups excluding carboxylic acids is 2. The molecule has 0 saturated carbocycles. The molecule has 17 heavy (non-hydrogen) atoms. The summed E-state index contributed by atoms with van der Waals surface area (Å²) in [5.74, 6) is -1.18. The second-order valence-corrected chi connectivity index (χ2v) is 3.44. The van der Waals surface area contributed by atoms with Crippen molar-refractivity contribution in [1.82, 2.24) is 15.0 Å². The fraction of sp³-hybridized carbons (Fsp3) is 0.556. The maximum absolute atomic E-state index is 11.4. The number of nitrogens with two attached hydrogens (primary N) is 2. The average Bonchev–Trinajstić information content (AvgIpc) is 2.71. The van der Waals surface area contributed by atoms with Gasteiger partial charge in [-0.15, -0.1) is 5.10 Å². The number of ether oxygens (including phenoxy) is 1. The van der Waals surface area contributed by atoms with Crippen LogP contribution in [-0.4, -0.2) is 40.5 Å². The van der Waals surface area contributed by atoms with Gasteiger partial charge in [0.2, 0.25) is 5.91 Å². The van der Waals surface area contributed by atoms with Crippen molar-refractivity contribution in [2.45, 2.75) is 19.4 Å². The third-order valence-electron chi connectivity index (χ3n) is 2.33. The third-order valence-corrected chi connectivity index (χ3v) is 2.33. The molecule has 0 saturated heterocycles. The van der Waals surface area contributed by atoms with Crippen LogP contribution in [0.1, 0.15) is 29.1 Å². The minimum Gasteiger partial charge on any atom is -0.464 e. The minimum atomic E-state index is -0.692. The Morgan fingerprint density at radius 3 is 2.65 bits per heavy atom. The van der Waals surface area contributed by atoms with Gasteiger partial charge in [0.1, 0.15) is 6.04 Å². The summed E-state index contributed by atoms with van der Waals surface area (Å²) in [6.45, 7) is 1.86. The van der Waals surface area contributed by atoms with E-state index in [1.165, 1.54) is 11.8 Å². The van der Waals surface area contributed by atoms with Crippen LogP contribution in [-0.2, 0) is 16.0 Å². The summed E-state index contributed by atoms with van der Waals surface area (Å²) in [6, 6.07) is -0.692. The zero-order valence-electron chi connectivity index (χ0n) is 9.71. The van der Waals surface area contributed by atoms with E-state index >= 15 is 0 Å². The first kappa shape index (κ1) is 13.1. The smallest absolute Gasteiger partial charge is 0.360 e. The van der Waals surface area contributed by atoms with Crippen LogP contribution in [0.25, 0.3) is 0 Å². The molecule has 94 valence electrons. The van der Waals surface area contributed by atoms with Gasteiger partial charge in [-0.05, 0) is 13.5 Å². The molecule has 0 spiro atoms. The molecule has 0 aromatic carbocycles. The lowest BCUT2D eigenvalue weighted by Crippen LogP contribution is -2.27. The molecule has 0 aliphatic rings. The Bertz CT molecular complexity index is 428. The molecule has 1 aromatic rings. The standard InChI is InChI=1S/C9H15N5O3/c1-5(8(11)15)14-6(3-4-10)7(12-13-14)9(16)17-2/h5H,3-4,10H2,1-2H3,(H2,11,15). The van der Waals surface area contributed by atoms with Crippen molar-refractivity contribution in [3.05, 3.63) is 11.4 Å². The molecule has 1 atom stereocenters. The number of aromatic nitrogens is 3. The van der Waals surface area contributed by atoms with Crippen LogP contribution < -0.4 is 11.5 Å². The summed E-state index contributed by atoms with van der Waals surface area (Å²) in [5.41, 5.74) is 11.1. The molecule has 4 N–H and O–H groups in total. The molecule has 0 aliphatic carbocycles. The summed E-state index contributed by atoms with van der Waals surface area (Å²) < 4.78 is 5.86. The Morgan fingerprint density at radius 1 is 1.53 bits per heavy atom. The van der Waals surface area contributed by atoms with Crippen molar-refractivity contribution >= 4 is 11.9 Å². The van der Waals surface area contributed by atoms with E-state index in [1.54, 1.807) is 6.92 Å². The summed E-state index contributed by atoms with van der Waals surface area (Å²) in [5, 5.41) is 7.42. The van der Waals surface area contributed by atoms with E-state index in [9.17, 15) is 9.59 Å². The van der Waals surface area contributed by atoms with E-state index in [-0.39, 0.29) is 5.69 Å². The first-order valence-corrected chi connectivity index (χ1v) is 5.04. The van der Waals surface area contributed by atoms with Gasteiger partial charge in [0.05, 0.1) is 12.8 Å². The van der Waals surface area contributed by atoms with E-state index in [4.69, 9.17) is 11.5 Å². The van der Waals surface area contributed by atoms with Crippen LogP contribution >= 0.6 is 0 Å². The Hall–Kier alpha value is -1.96. The Labute approximate surface area is 97.9 Å². The van der Waals surface area contributed by atoms with Gasteiger partial charge in [-0.1, -0.05) is 5.21 Å². The largest absolute Gasteiger partial charge is 0.464 e. The van der Waals surface area contributed by atoms with Gasteiger partial charge in [0, 0.05) is 6.42 Å². The van der Waals surface area contributed by atoms with Crippen molar-refractivity contribution < 1.29 is 14.3 Å². The van der Waals surface area contributed by atoms with Gasteiger partial charge < -0.3 is 16.2 Å². The highest BCUT2D eigenvalue weighted by Crippen LogP contribution is 2.13. The quantitative estimate of drug-likeness (QED) is 0.611. The summed E-state index contributed by atoms with van der Waals surface area (Å²) in [7, 11) is 1.24. The molecular weight excluding hydrogens is 226 g/mol. The third kappa shape index (κ3) is 2.59. The van der Waals surface area contributed by atoms with Crippen LogP contribution in [0.4, 0.5) is 0 Å². The Balaban J connectivity index is 3.19. The zero-order chi connectivity index (χ0) is 13.0. The van der Waals surface area contributed by atoms with Gasteiger partial charge in [0.15, 0.2) is 5.69 Å². The molecule has 1 aromatic heterocycles. The summed E-state index contributed by atoms with van der Waals surface area (Å²) >= 11 is 0. The fourth-order valence-electron chi connectivity index (χ4n) is 1.37. The highest BCUT2D eigenvalue weighted by atomic mass is 16.5. The van der Waals surface area contributed by atoms with Gasteiger partial charge in [-0.2, -0.15) is 0 Å². The maximum atomic E-state index is 11.4. The SMILES string of the molecule is COC(=O)c1nnn(C(C)C(N)=O)c1CCN. The maximum Gasteiger partial charge on any atom is 0.360 e. The first-order valence-electron chi connectivity index (χ1n) is 5.04. The molecule has 1 amide bonds. The Morgan fingerprint density at radius 2 is 2.18 bits per heavy atom. The number of hydrogen-bond acceptors (Lipinski definition) is 6. The van der Waals surface area contributed by atoms with Crippen LogP contribution in [0.15, 0.2) is 0 Å². The first-order chi connectivity index (χ1) is 8.02. The highest BCUT2D eigenvalue weighted by Gasteiger charge is 2.24. The molecule has 0 radical (unpaired) electrons. The number of rotatable bonds is 5. The van der Waals surface area contributed by atoms with E-state index < -0.39 is 17.9 Å². The predicted octanol–water partition coefficient (Wildman–Crippen LogP) is -1.39. The molecular formula is C9H15N5O3. The van der Waals surface area contributed by atoms with Crippen LogP contribution in [0.3, 0.4) is 0 Å². The molecule has 1 unspecified atom stereocenters.